The number of aliphatic carboxylic acids is 1. The second-order valence-corrected chi connectivity index (χ2v) is 5.69. The van der Waals surface area contributed by atoms with Crippen LogP contribution in [-0.4, -0.2) is 28.3 Å². The van der Waals surface area contributed by atoms with Crippen LogP contribution in [0.1, 0.15) is 5.56 Å². The minimum atomic E-state index is -1.16. The first-order valence-electron chi connectivity index (χ1n) is 8.07. The van der Waals surface area contributed by atoms with Gasteiger partial charge in [0.15, 0.2) is 12.2 Å². The number of alkyl carbamates (subject to hydrolysis) is 1. The fourth-order valence-electron chi connectivity index (χ4n) is 2.44. The van der Waals surface area contributed by atoms with Gasteiger partial charge in [0.1, 0.15) is 12.1 Å². The molecule has 7 heteroatoms. The molecule has 2 N–H and O–H groups in total. The number of ether oxygens (including phenoxy) is 1. The van der Waals surface area contributed by atoms with Gasteiger partial charge in [0.05, 0.1) is 0 Å². The number of fused-ring (bicyclic) bond motifs is 1. The van der Waals surface area contributed by atoms with E-state index < -0.39 is 18.1 Å². The van der Waals surface area contributed by atoms with Crippen molar-refractivity contribution in [3.8, 4) is 0 Å². The summed E-state index contributed by atoms with van der Waals surface area (Å²) >= 11 is 0. The van der Waals surface area contributed by atoms with Crippen LogP contribution in [0.2, 0.25) is 0 Å². The molecule has 0 aliphatic carbocycles. The average molecular weight is 352 g/mol. The number of nitrogens with one attached hydrogen (secondary N) is 1. The van der Waals surface area contributed by atoms with Gasteiger partial charge in [-0.2, -0.15) is 0 Å². The lowest BCUT2D eigenvalue weighted by Crippen LogP contribution is -2.53. The van der Waals surface area contributed by atoms with Crippen LogP contribution in [0.4, 0.5) is 4.79 Å². The van der Waals surface area contributed by atoms with Crippen molar-refractivity contribution in [1.82, 2.24) is 10.4 Å². The molecule has 7 nitrogen and oxygen atoms in total. The van der Waals surface area contributed by atoms with Crippen LogP contribution in [-0.2, 0) is 22.7 Å². The first kappa shape index (κ1) is 17.3. The predicted octanol–water partition coefficient (Wildman–Crippen LogP) is 1.90. The normalized spacial score (nSPS) is 11.7. The number of carbonyl (C=O) groups is 2. The molecule has 1 amide bonds. The van der Waals surface area contributed by atoms with Gasteiger partial charge >= 0.3 is 12.1 Å². The van der Waals surface area contributed by atoms with E-state index in [2.05, 4.69) is 10.4 Å². The molecule has 0 saturated heterocycles. The highest BCUT2D eigenvalue weighted by Crippen LogP contribution is 2.07. The van der Waals surface area contributed by atoms with Crippen molar-refractivity contribution in [2.75, 3.05) is 0 Å². The van der Waals surface area contributed by atoms with Crippen molar-refractivity contribution >= 4 is 23.0 Å². The first-order valence-corrected chi connectivity index (χ1v) is 8.07. The number of hydrogen-bond acceptors (Lipinski definition) is 4. The lowest BCUT2D eigenvalue weighted by molar-refractivity contribution is -0.752. The third-order valence-electron chi connectivity index (χ3n) is 3.77. The summed E-state index contributed by atoms with van der Waals surface area (Å²) in [5, 5.41) is 17.0. The van der Waals surface area contributed by atoms with Gasteiger partial charge in [-0.05, 0) is 11.6 Å². The Hall–Kier alpha value is -3.48. The van der Waals surface area contributed by atoms with Crippen LogP contribution in [0.25, 0.3) is 10.9 Å². The van der Waals surface area contributed by atoms with Crippen molar-refractivity contribution in [3.63, 3.8) is 0 Å². The van der Waals surface area contributed by atoms with E-state index in [1.165, 1.54) is 4.68 Å². The fraction of sp³-hybridized carbons (Fsp3) is 0.158. The summed E-state index contributed by atoms with van der Waals surface area (Å²) in [5.74, 6) is -1.16. The van der Waals surface area contributed by atoms with Gasteiger partial charge in [-0.1, -0.05) is 53.2 Å². The minimum absolute atomic E-state index is 0.0133. The lowest BCUT2D eigenvalue weighted by Gasteiger charge is -2.11. The van der Waals surface area contributed by atoms with E-state index in [0.717, 1.165) is 16.5 Å². The quantitative estimate of drug-likeness (QED) is 0.661. The second kappa shape index (κ2) is 8.06. The molecule has 0 bridgehead atoms. The number of amides is 1. The van der Waals surface area contributed by atoms with E-state index in [1.807, 2.05) is 60.7 Å². The smallest absolute Gasteiger partial charge is 0.408 e. The van der Waals surface area contributed by atoms with Gasteiger partial charge < -0.3 is 15.2 Å². The molecular formula is C19H18N3O4+. The third-order valence-corrected chi connectivity index (χ3v) is 3.77. The highest BCUT2D eigenvalue weighted by Gasteiger charge is 2.26. The standard InChI is InChI=1S/C19H17N3O4/c23-18(24)17(20-19(25)26-13-14-6-2-1-3-7-14)12-22-11-10-15-8-4-5-9-16(15)21-22/h1-11,17H,12-13H2,(H-,20,23,24,25)/p+1. The summed E-state index contributed by atoms with van der Waals surface area (Å²) < 4.78 is 6.56. The molecule has 26 heavy (non-hydrogen) atoms. The molecule has 1 unspecified atom stereocenters. The van der Waals surface area contributed by atoms with E-state index in [-0.39, 0.29) is 13.2 Å². The molecule has 2 aromatic carbocycles. The predicted molar refractivity (Wildman–Crippen MR) is 93.1 cm³/mol. The number of carboxylic acid groups (broad SMARTS) is 1. The Morgan fingerprint density at radius 2 is 1.81 bits per heavy atom. The van der Waals surface area contributed by atoms with Gasteiger partial charge in [0, 0.05) is 16.6 Å². The van der Waals surface area contributed by atoms with Gasteiger partial charge in [0.25, 0.3) is 0 Å². The van der Waals surface area contributed by atoms with Crippen LogP contribution in [0.5, 0.6) is 0 Å². The summed E-state index contributed by atoms with van der Waals surface area (Å²) in [5.41, 5.74) is 1.56. The van der Waals surface area contributed by atoms with E-state index in [0.29, 0.717) is 0 Å². The molecule has 0 saturated carbocycles. The summed E-state index contributed by atoms with van der Waals surface area (Å²) in [6.07, 6.45) is 0.887. The number of rotatable bonds is 6. The Morgan fingerprint density at radius 3 is 2.58 bits per heavy atom. The largest absolute Gasteiger partial charge is 0.480 e. The van der Waals surface area contributed by atoms with E-state index in [9.17, 15) is 14.7 Å². The third kappa shape index (κ3) is 4.54. The Balaban J connectivity index is 1.62. The maximum absolute atomic E-state index is 11.9. The molecule has 3 aromatic rings. The monoisotopic (exact) mass is 352 g/mol. The summed E-state index contributed by atoms with van der Waals surface area (Å²) in [7, 11) is 0. The van der Waals surface area contributed by atoms with Gasteiger partial charge in [-0.3, -0.25) is 0 Å². The highest BCUT2D eigenvalue weighted by atomic mass is 16.5. The molecule has 0 aliphatic heterocycles. The SMILES string of the molecule is O=C(NC(C[n+]1ccc2ccccc2n1)C(=O)O)OCc1ccccc1. The van der Waals surface area contributed by atoms with Crippen molar-refractivity contribution in [2.45, 2.75) is 19.2 Å². The second-order valence-electron chi connectivity index (χ2n) is 5.69. The van der Waals surface area contributed by atoms with E-state index in [1.54, 1.807) is 6.20 Å². The summed E-state index contributed by atoms with van der Waals surface area (Å²) in [6, 6.07) is 17.4. The number of carboxylic acids is 1. The first-order chi connectivity index (χ1) is 12.6. The summed E-state index contributed by atoms with van der Waals surface area (Å²) in [6.45, 7) is 0.0565. The molecule has 0 radical (unpaired) electrons. The number of nitrogens with zero attached hydrogens (tertiary/aromatic N) is 2. The van der Waals surface area contributed by atoms with E-state index >= 15 is 0 Å². The molecule has 1 heterocycles. The molecular weight excluding hydrogens is 334 g/mol. The maximum atomic E-state index is 11.9. The Bertz CT molecular complexity index is 915. The van der Waals surface area contributed by atoms with Crippen LogP contribution in [0.15, 0.2) is 66.9 Å². The fourth-order valence-corrected chi connectivity index (χ4v) is 2.44. The van der Waals surface area contributed by atoms with Crippen molar-refractivity contribution in [1.29, 1.82) is 0 Å². The van der Waals surface area contributed by atoms with E-state index in [4.69, 9.17) is 4.74 Å². The molecule has 132 valence electrons. The minimum Gasteiger partial charge on any atom is -0.480 e. The van der Waals surface area contributed by atoms with Crippen LogP contribution < -0.4 is 10.00 Å². The number of carbonyl (C=O) groups excluding carboxylic acids is 1. The van der Waals surface area contributed by atoms with Crippen molar-refractivity contribution in [3.05, 3.63) is 72.4 Å². The molecule has 1 atom stereocenters. The van der Waals surface area contributed by atoms with Gasteiger partial charge in [-0.25, -0.2) is 9.59 Å². The van der Waals surface area contributed by atoms with Crippen molar-refractivity contribution in [2.24, 2.45) is 0 Å². The topological polar surface area (TPSA) is 92.4 Å². The molecule has 0 aliphatic rings. The van der Waals surface area contributed by atoms with Gasteiger partial charge in [0.2, 0.25) is 6.54 Å². The van der Waals surface area contributed by atoms with Crippen LogP contribution in [0.3, 0.4) is 0 Å². The van der Waals surface area contributed by atoms with Crippen LogP contribution >= 0.6 is 0 Å². The molecule has 3 rings (SSSR count). The Morgan fingerprint density at radius 1 is 1.08 bits per heavy atom. The molecule has 1 aromatic heterocycles. The maximum Gasteiger partial charge on any atom is 0.408 e. The molecule has 0 spiro atoms. The zero-order valence-corrected chi connectivity index (χ0v) is 13.9. The Kier molecular flexibility index (Phi) is 5.38. The van der Waals surface area contributed by atoms with Crippen LogP contribution in [0, 0.1) is 0 Å². The number of benzene rings is 2. The molecule has 0 fully saturated rings. The number of hydrogen-bond donors (Lipinski definition) is 2. The Labute approximate surface area is 149 Å². The van der Waals surface area contributed by atoms with Gasteiger partial charge in [-0.15, -0.1) is 0 Å². The zero-order chi connectivity index (χ0) is 18.4. The lowest BCUT2D eigenvalue weighted by atomic mass is 10.2. The zero-order valence-electron chi connectivity index (χ0n) is 13.9. The summed E-state index contributed by atoms with van der Waals surface area (Å²) in [4.78, 5) is 23.4. The average Bonchev–Trinajstić information content (AvgIpc) is 2.66. The number of aromatic nitrogens is 2. The van der Waals surface area contributed by atoms with Crippen molar-refractivity contribution < 1.29 is 24.1 Å². The highest BCUT2D eigenvalue weighted by molar-refractivity contribution is 5.79.